The fourth-order valence-electron chi connectivity index (χ4n) is 4.50. The Morgan fingerprint density at radius 1 is 1.05 bits per heavy atom. The number of methoxy groups -OCH3 is 1. The summed E-state index contributed by atoms with van der Waals surface area (Å²) in [6, 6.07) is 24.2. The summed E-state index contributed by atoms with van der Waals surface area (Å²) in [7, 11) is 1.58. The van der Waals surface area contributed by atoms with Crippen LogP contribution in [0.15, 0.2) is 104 Å². The lowest BCUT2D eigenvalue weighted by molar-refractivity contribution is -0.118. The van der Waals surface area contributed by atoms with Crippen molar-refractivity contribution in [3.8, 4) is 23.1 Å². The van der Waals surface area contributed by atoms with E-state index < -0.39 is 0 Å². The molecule has 6 aromatic rings. The van der Waals surface area contributed by atoms with Gasteiger partial charge in [0, 0.05) is 10.7 Å². The zero-order valence-electron chi connectivity index (χ0n) is 22.9. The minimum atomic E-state index is -0.383. The first-order valence-electron chi connectivity index (χ1n) is 13.1. The van der Waals surface area contributed by atoms with Gasteiger partial charge >= 0.3 is 0 Å². The number of furan rings is 1. The second kappa shape index (κ2) is 12.5. The zero-order valence-corrected chi connectivity index (χ0v) is 26.0. The summed E-state index contributed by atoms with van der Waals surface area (Å²) in [5.74, 6) is 1.07. The quantitative estimate of drug-likeness (QED) is 0.163. The molecule has 44 heavy (non-hydrogen) atoms. The molecular weight excluding hydrogens is 671 g/mol. The van der Waals surface area contributed by atoms with Crippen LogP contribution in [0, 0.1) is 0 Å². The molecule has 220 valence electrons. The van der Waals surface area contributed by atoms with Gasteiger partial charge in [-0.25, -0.2) is 4.98 Å². The maximum Gasteiger partial charge on any atom is 0.282 e. The molecule has 1 N–H and O–H groups in total. The van der Waals surface area contributed by atoms with Crippen molar-refractivity contribution in [3.63, 3.8) is 0 Å². The third-order valence-electron chi connectivity index (χ3n) is 6.53. The molecule has 0 unspecified atom stereocenters. The third-order valence-corrected chi connectivity index (χ3v) is 7.66. The maximum absolute atomic E-state index is 13.6. The number of ether oxygens (including phenoxy) is 2. The number of rotatable bonds is 8. The molecule has 0 bridgehead atoms. The Balaban J connectivity index is 1.30. The lowest BCUT2D eigenvalue weighted by atomic mass is 10.2. The highest BCUT2D eigenvalue weighted by Gasteiger charge is 2.18. The summed E-state index contributed by atoms with van der Waals surface area (Å²) < 4.78 is 18.9. The Labute approximate surface area is 268 Å². The summed E-state index contributed by atoms with van der Waals surface area (Å²) in [4.78, 5) is 30.7. The molecular formula is C32H21BrCl2N4O5. The molecule has 0 saturated carbocycles. The molecule has 0 fully saturated rings. The van der Waals surface area contributed by atoms with Gasteiger partial charge in [-0.05, 0) is 88.2 Å². The number of amides is 1. The van der Waals surface area contributed by atoms with Crippen LogP contribution in [0.1, 0.15) is 5.56 Å². The van der Waals surface area contributed by atoms with E-state index in [4.69, 9.17) is 42.1 Å². The number of hydrogen-bond donors (Lipinski definition) is 1. The molecule has 1 amide bonds. The Morgan fingerprint density at radius 2 is 1.84 bits per heavy atom. The first-order chi connectivity index (χ1) is 21.3. The average Bonchev–Trinajstić information content (AvgIpc) is 3.46. The van der Waals surface area contributed by atoms with Gasteiger partial charge in [0.15, 0.2) is 18.1 Å². The number of nitrogens with one attached hydrogen (secondary N) is 1. The Hall–Kier alpha value is -4.64. The van der Waals surface area contributed by atoms with Gasteiger partial charge in [-0.3, -0.25) is 9.59 Å². The normalized spacial score (nSPS) is 11.4. The van der Waals surface area contributed by atoms with Crippen LogP contribution in [-0.4, -0.2) is 35.5 Å². The highest BCUT2D eigenvalue weighted by atomic mass is 79.9. The Kier molecular flexibility index (Phi) is 8.38. The SMILES string of the molecule is COc1cccc2oc(-c3nc4ccccc4c(=O)n3N=Cc3cc(Cl)c(OCC(=O)Nc4ccc(Cl)cc4)c(Br)c3)cc12. The Morgan fingerprint density at radius 3 is 2.61 bits per heavy atom. The number of para-hydroxylation sites is 1. The number of halogens is 3. The number of fused-ring (bicyclic) bond motifs is 2. The van der Waals surface area contributed by atoms with Gasteiger partial charge in [0.05, 0.1) is 39.1 Å². The summed E-state index contributed by atoms with van der Waals surface area (Å²) in [5, 5.41) is 9.13. The standard InChI is InChI=1S/C32H21BrCl2N4O5/c1-42-26-7-4-8-27-22(26)15-28(44-27)31-38-25-6-3-2-5-21(25)32(41)39(31)36-16-18-13-23(33)30(24(35)14-18)43-17-29(40)37-20-11-9-19(34)10-12-20/h2-16H,17H2,1H3,(H,37,40). The average molecular weight is 692 g/mol. The largest absolute Gasteiger partial charge is 0.496 e. The molecule has 12 heteroatoms. The van der Waals surface area contributed by atoms with Crippen LogP contribution in [0.3, 0.4) is 0 Å². The number of benzene rings is 4. The highest BCUT2D eigenvalue weighted by molar-refractivity contribution is 9.10. The maximum atomic E-state index is 13.6. The minimum absolute atomic E-state index is 0.208. The number of anilines is 1. The van der Waals surface area contributed by atoms with E-state index in [2.05, 4.69) is 26.3 Å². The van der Waals surface area contributed by atoms with Gasteiger partial charge in [-0.1, -0.05) is 41.4 Å². The van der Waals surface area contributed by atoms with Crippen molar-refractivity contribution in [2.75, 3.05) is 19.0 Å². The molecule has 4 aromatic carbocycles. The van der Waals surface area contributed by atoms with Crippen molar-refractivity contribution in [2.24, 2.45) is 5.10 Å². The van der Waals surface area contributed by atoms with Crippen LogP contribution in [0.4, 0.5) is 5.69 Å². The van der Waals surface area contributed by atoms with E-state index in [1.54, 1.807) is 79.9 Å². The van der Waals surface area contributed by atoms with Gasteiger partial charge in [-0.15, -0.1) is 0 Å². The minimum Gasteiger partial charge on any atom is -0.496 e. The molecule has 9 nitrogen and oxygen atoms in total. The Bertz CT molecular complexity index is 2100. The van der Waals surface area contributed by atoms with E-state index in [-0.39, 0.29) is 34.7 Å². The fourth-order valence-corrected chi connectivity index (χ4v) is 5.61. The van der Waals surface area contributed by atoms with Crippen molar-refractivity contribution in [3.05, 3.63) is 115 Å². The van der Waals surface area contributed by atoms with Crippen molar-refractivity contribution in [1.29, 1.82) is 0 Å². The lowest BCUT2D eigenvalue weighted by Gasteiger charge is -2.11. The van der Waals surface area contributed by atoms with E-state index in [1.807, 2.05) is 12.1 Å². The molecule has 0 saturated heterocycles. The van der Waals surface area contributed by atoms with Crippen molar-refractivity contribution < 1.29 is 18.7 Å². The molecule has 2 aromatic heterocycles. The second-order valence-electron chi connectivity index (χ2n) is 9.45. The topological polar surface area (TPSA) is 108 Å². The smallest absolute Gasteiger partial charge is 0.282 e. The summed E-state index contributed by atoms with van der Waals surface area (Å²) in [6.07, 6.45) is 1.47. The van der Waals surface area contributed by atoms with E-state index in [1.165, 1.54) is 10.9 Å². The second-order valence-corrected chi connectivity index (χ2v) is 11.2. The summed E-state index contributed by atoms with van der Waals surface area (Å²) >= 11 is 15.9. The highest BCUT2D eigenvalue weighted by Crippen LogP contribution is 2.35. The lowest BCUT2D eigenvalue weighted by Crippen LogP contribution is -2.20. The molecule has 0 aliphatic rings. The van der Waals surface area contributed by atoms with E-state index in [9.17, 15) is 9.59 Å². The number of aromatic nitrogens is 2. The van der Waals surface area contributed by atoms with E-state index in [0.717, 1.165) is 5.39 Å². The molecule has 0 radical (unpaired) electrons. The van der Waals surface area contributed by atoms with Gasteiger partial charge in [0.2, 0.25) is 5.82 Å². The molecule has 0 aliphatic carbocycles. The van der Waals surface area contributed by atoms with Crippen molar-refractivity contribution in [1.82, 2.24) is 9.66 Å². The van der Waals surface area contributed by atoms with Gasteiger partial charge < -0.3 is 19.2 Å². The molecule has 0 spiro atoms. The summed E-state index contributed by atoms with van der Waals surface area (Å²) in [5.41, 5.74) is 1.83. The predicted molar refractivity (Wildman–Crippen MR) is 175 cm³/mol. The zero-order chi connectivity index (χ0) is 30.8. The molecule has 0 atom stereocenters. The van der Waals surface area contributed by atoms with Crippen LogP contribution >= 0.6 is 39.1 Å². The fraction of sp³-hybridized carbons (Fsp3) is 0.0625. The third kappa shape index (κ3) is 6.05. The van der Waals surface area contributed by atoms with Gasteiger partial charge in [0.25, 0.3) is 11.5 Å². The van der Waals surface area contributed by atoms with Crippen LogP contribution in [0.2, 0.25) is 10.0 Å². The van der Waals surface area contributed by atoms with Gasteiger partial charge in [0.1, 0.15) is 11.3 Å². The molecule has 2 heterocycles. The summed E-state index contributed by atoms with van der Waals surface area (Å²) in [6.45, 7) is -0.280. The number of carbonyl (C=O) groups is 1. The monoisotopic (exact) mass is 690 g/mol. The van der Waals surface area contributed by atoms with Crippen LogP contribution in [0.5, 0.6) is 11.5 Å². The van der Waals surface area contributed by atoms with Gasteiger partial charge in [-0.2, -0.15) is 9.78 Å². The molecule has 6 rings (SSSR count). The van der Waals surface area contributed by atoms with Crippen LogP contribution in [-0.2, 0) is 4.79 Å². The van der Waals surface area contributed by atoms with Crippen molar-refractivity contribution in [2.45, 2.75) is 0 Å². The first-order valence-corrected chi connectivity index (χ1v) is 14.7. The molecule has 0 aliphatic heterocycles. The first kappa shape index (κ1) is 29.4. The number of hydrogen-bond acceptors (Lipinski definition) is 7. The number of carbonyl (C=O) groups excluding carboxylic acids is 1. The van der Waals surface area contributed by atoms with Crippen LogP contribution in [0.25, 0.3) is 33.5 Å². The van der Waals surface area contributed by atoms with Crippen molar-refractivity contribution >= 4 is 78.8 Å². The van der Waals surface area contributed by atoms with E-state index >= 15 is 0 Å². The van der Waals surface area contributed by atoms with E-state index in [0.29, 0.717) is 48.7 Å². The van der Waals surface area contributed by atoms with Crippen LogP contribution < -0.4 is 20.3 Å². The number of nitrogens with zero attached hydrogens (tertiary/aromatic N) is 3. The predicted octanol–water partition coefficient (Wildman–Crippen LogP) is 7.79.